The summed E-state index contributed by atoms with van der Waals surface area (Å²) in [6, 6.07) is 6.01. The van der Waals surface area contributed by atoms with Crippen molar-refractivity contribution in [2.24, 2.45) is 0 Å². The van der Waals surface area contributed by atoms with Gasteiger partial charge in [0.25, 0.3) is 0 Å². The highest BCUT2D eigenvalue weighted by Crippen LogP contribution is 2.31. The molecule has 0 spiro atoms. The molecule has 5 heteroatoms. The number of hydrogen-bond acceptors (Lipinski definition) is 3. The van der Waals surface area contributed by atoms with Crippen molar-refractivity contribution in [2.45, 2.75) is 6.92 Å². The normalized spacial score (nSPS) is 10.7. The lowest BCUT2D eigenvalue weighted by Crippen LogP contribution is -1.89. The van der Waals surface area contributed by atoms with Gasteiger partial charge in [0.15, 0.2) is 0 Å². The standard InChI is InChI=1S/C8H6Cl2N2S/c1-5-3-2-4-6-7(5)11-8(13-6)12(9)10/h2-4H,1H3. The summed E-state index contributed by atoms with van der Waals surface area (Å²) in [6.07, 6.45) is 0. The van der Waals surface area contributed by atoms with Gasteiger partial charge in [-0.2, -0.15) is 3.94 Å². The van der Waals surface area contributed by atoms with E-state index in [2.05, 4.69) is 4.98 Å². The smallest absolute Gasteiger partial charge is 0.216 e. The van der Waals surface area contributed by atoms with E-state index in [0.717, 1.165) is 19.7 Å². The van der Waals surface area contributed by atoms with Crippen molar-refractivity contribution in [3.05, 3.63) is 23.8 Å². The van der Waals surface area contributed by atoms with Gasteiger partial charge in [-0.15, -0.1) is 0 Å². The van der Waals surface area contributed by atoms with E-state index in [9.17, 15) is 0 Å². The van der Waals surface area contributed by atoms with Gasteiger partial charge in [0.1, 0.15) is 0 Å². The van der Waals surface area contributed by atoms with Gasteiger partial charge in [0.05, 0.1) is 10.2 Å². The molecule has 2 aromatic rings. The number of thiazole rings is 1. The van der Waals surface area contributed by atoms with Crippen LogP contribution in [0.4, 0.5) is 5.13 Å². The van der Waals surface area contributed by atoms with Gasteiger partial charge < -0.3 is 0 Å². The lowest BCUT2D eigenvalue weighted by molar-refractivity contribution is 1.40. The van der Waals surface area contributed by atoms with Gasteiger partial charge in [0, 0.05) is 23.6 Å². The second-order valence-corrected chi connectivity index (χ2v) is 4.51. The van der Waals surface area contributed by atoms with Crippen LogP contribution in [0.1, 0.15) is 5.56 Å². The van der Waals surface area contributed by atoms with Crippen LogP contribution in [-0.4, -0.2) is 4.98 Å². The number of para-hydroxylation sites is 1. The van der Waals surface area contributed by atoms with Gasteiger partial charge >= 0.3 is 0 Å². The Morgan fingerprint density at radius 3 is 2.77 bits per heavy atom. The predicted molar refractivity (Wildman–Crippen MR) is 58.5 cm³/mol. The molecule has 1 aromatic carbocycles. The van der Waals surface area contributed by atoms with E-state index in [1.54, 1.807) is 0 Å². The maximum absolute atomic E-state index is 5.57. The van der Waals surface area contributed by atoms with Crippen LogP contribution >= 0.6 is 34.9 Å². The molecule has 0 N–H and O–H groups in total. The summed E-state index contributed by atoms with van der Waals surface area (Å²) in [5.41, 5.74) is 2.10. The molecule has 1 heterocycles. The van der Waals surface area contributed by atoms with Crippen molar-refractivity contribution < 1.29 is 0 Å². The highest BCUT2D eigenvalue weighted by atomic mass is 35.5. The number of rotatable bonds is 1. The van der Waals surface area contributed by atoms with Crippen LogP contribution in [0.2, 0.25) is 0 Å². The first-order valence-corrected chi connectivity index (χ1v) is 5.15. The van der Waals surface area contributed by atoms with Gasteiger partial charge in [-0.05, 0) is 18.6 Å². The average molecular weight is 233 g/mol. The SMILES string of the molecule is Cc1cccc2sc(N(Cl)Cl)nc12. The molecule has 0 aliphatic heterocycles. The van der Waals surface area contributed by atoms with Crippen molar-refractivity contribution in [2.75, 3.05) is 3.94 Å². The van der Waals surface area contributed by atoms with E-state index in [1.165, 1.54) is 11.3 Å². The maximum atomic E-state index is 5.57. The Labute approximate surface area is 89.9 Å². The number of halogens is 2. The van der Waals surface area contributed by atoms with Crippen LogP contribution in [0, 0.1) is 6.92 Å². The van der Waals surface area contributed by atoms with Gasteiger partial charge in [-0.1, -0.05) is 23.5 Å². The van der Waals surface area contributed by atoms with Crippen molar-refractivity contribution >= 4 is 50.2 Å². The predicted octanol–water partition coefficient (Wildman–Crippen LogP) is 3.72. The molecule has 0 saturated heterocycles. The van der Waals surface area contributed by atoms with Crippen molar-refractivity contribution in [3.8, 4) is 0 Å². The fraction of sp³-hybridized carbons (Fsp3) is 0.125. The van der Waals surface area contributed by atoms with Gasteiger partial charge in [-0.25, -0.2) is 4.98 Å². The molecule has 0 bridgehead atoms. The molecule has 0 unspecified atom stereocenters. The largest absolute Gasteiger partial charge is 0.218 e. The first-order chi connectivity index (χ1) is 6.18. The third-order valence-corrected chi connectivity index (χ3v) is 3.28. The molecule has 0 aliphatic rings. The molecular formula is C8H6Cl2N2S. The zero-order valence-electron chi connectivity index (χ0n) is 6.79. The minimum Gasteiger partial charge on any atom is -0.218 e. The molecule has 0 atom stereocenters. The third-order valence-electron chi connectivity index (χ3n) is 1.75. The Morgan fingerprint density at radius 2 is 2.15 bits per heavy atom. The van der Waals surface area contributed by atoms with E-state index in [0.29, 0.717) is 5.13 Å². The van der Waals surface area contributed by atoms with Crippen LogP contribution in [0.3, 0.4) is 0 Å². The molecule has 2 nitrogen and oxygen atoms in total. The van der Waals surface area contributed by atoms with Gasteiger partial charge in [0.2, 0.25) is 5.13 Å². The Kier molecular flexibility index (Phi) is 2.32. The summed E-state index contributed by atoms with van der Waals surface area (Å²) in [5.74, 6) is 0. The third kappa shape index (κ3) is 1.59. The number of benzene rings is 1. The Morgan fingerprint density at radius 1 is 1.38 bits per heavy atom. The summed E-state index contributed by atoms with van der Waals surface area (Å²) < 4.78 is 2.09. The van der Waals surface area contributed by atoms with Crippen molar-refractivity contribution in [1.29, 1.82) is 0 Å². The zero-order valence-corrected chi connectivity index (χ0v) is 9.12. The fourth-order valence-corrected chi connectivity index (χ4v) is 2.28. The van der Waals surface area contributed by atoms with Crippen LogP contribution in [0.5, 0.6) is 0 Å². The lowest BCUT2D eigenvalue weighted by atomic mass is 10.2. The van der Waals surface area contributed by atoms with Crippen LogP contribution in [0.15, 0.2) is 18.2 Å². The molecule has 1 aromatic heterocycles. The van der Waals surface area contributed by atoms with Crippen molar-refractivity contribution in [1.82, 2.24) is 4.98 Å². The number of fused-ring (bicyclic) bond motifs is 1. The van der Waals surface area contributed by atoms with E-state index in [4.69, 9.17) is 23.6 Å². The number of aromatic nitrogens is 1. The summed E-state index contributed by atoms with van der Waals surface area (Å²) >= 11 is 12.6. The number of nitrogens with zero attached hydrogens (tertiary/aromatic N) is 2. The summed E-state index contributed by atoms with van der Waals surface area (Å²) in [4.78, 5) is 4.29. The minimum atomic E-state index is 0.604. The molecule has 0 fully saturated rings. The average Bonchev–Trinajstić information content (AvgIpc) is 2.49. The number of hydrogen-bond donors (Lipinski definition) is 0. The van der Waals surface area contributed by atoms with Gasteiger partial charge in [-0.3, -0.25) is 0 Å². The highest BCUT2D eigenvalue weighted by Gasteiger charge is 2.08. The molecule has 13 heavy (non-hydrogen) atoms. The Balaban J connectivity index is 2.68. The van der Waals surface area contributed by atoms with Crippen LogP contribution in [0.25, 0.3) is 10.2 Å². The first kappa shape index (κ1) is 9.06. The minimum absolute atomic E-state index is 0.604. The van der Waals surface area contributed by atoms with Crippen molar-refractivity contribution in [3.63, 3.8) is 0 Å². The zero-order chi connectivity index (χ0) is 9.42. The Hall–Kier alpha value is -0.510. The molecule has 2 rings (SSSR count). The Bertz CT molecular complexity index is 439. The molecular weight excluding hydrogens is 227 g/mol. The second-order valence-electron chi connectivity index (χ2n) is 2.65. The quantitative estimate of drug-likeness (QED) is 0.698. The summed E-state index contributed by atoms with van der Waals surface area (Å²) in [5, 5.41) is 0.604. The molecule has 68 valence electrons. The second kappa shape index (κ2) is 3.33. The lowest BCUT2D eigenvalue weighted by Gasteiger charge is -1.95. The fourth-order valence-electron chi connectivity index (χ4n) is 1.15. The molecule has 0 amide bonds. The molecule has 0 aliphatic carbocycles. The van der Waals surface area contributed by atoms with Crippen LogP contribution in [-0.2, 0) is 0 Å². The molecule has 0 saturated carbocycles. The van der Waals surface area contributed by atoms with E-state index in [-0.39, 0.29) is 0 Å². The van der Waals surface area contributed by atoms with E-state index in [1.807, 2.05) is 25.1 Å². The van der Waals surface area contributed by atoms with E-state index < -0.39 is 0 Å². The van der Waals surface area contributed by atoms with Crippen LogP contribution < -0.4 is 3.94 Å². The number of aryl methyl sites for hydroxylation is 1. The summed E-state index contributed by atoms with van der Waals surface area (Å²) in [6.45, 7) is 2.01. The number of anilines is 1. The topological polar surface area (TPSA) is 16.1 Å². The maximum Gasteiger partial charge on any atom is 0.216 e. The highest BCUT2D eigenvalue weighted by molar-refractivity contribution is 7.22. The first-order valence-electron chi connectivity index (χ1n) is 3.66. The monoisotopic (exact) mass is 232 g/mol. The van der Waals surface area contributed by atoms with E-state index >= 15 is 0 Å². The summed E-state index contributed by atoms with van der Waals surface area (Å²) in [7, 11) is 0. The molecule has 0 radical (unpaired) electrons.